The number of hydrogen-bond acceptors (Lipinski definition) is 5. The third-order valence-corrected chi connectivity index (χ3v) is 5.47. The van der Waals surface area contributed by atoms with Crippen LogP contribution in [0.25, 0.3) is 28.5 Å². The molecule has 34 heavy (non-hydrogen) atoms. The third-order valence-electron chi connectivity index (χ3n) is 5.47. The Morgan fingerprint density at radius 2 is 1.24 bits per heavy atom. The van der Waals surface area contributed by atoms with Crippen molar-refractivity contribution in [2.45, 2.75) is 6.54 Å². The Hall–Kier alpha value is -4.32. The summed E-state index contributed by atoms with van der Waals surface area (Å²) in [6.45, 7) is 0.344. The molecule has 1 heterocycles. The van der Waals surface area contributed by atoms with E-state index in [2.05, 4.69) is 0 Å². The van der Waals surface area contributed by atoms with Crippen molar-refractivity contribution in [3.8, 4) is 39.6 Å². The van der Waals surface area contributed by atoms with Gasteiger partial charge in [-0.15, -0.1) is 0 Å². The van der Waals surface area contributed by atoms with E-state index in [0.29, 0.717) is 12.2 Å². The minimum Gasteiger partial charge on any atom is -0.497 e. The second kappa shape index (κ2) is 10.5. The van der Waals surface area contributed by atoms with Gasteiger partial charge in [0.2, 0.25) is 0 Å². The van der Waals surface area contributed by atoms with E-state index >= 15 is 0 Å². The minimum atomic E-state index is -0.178. The van der Waals surface area contributed by atoms with Crippen molar-refractivity contribution in [2.24, 2.45) is 0 Å². The number of rotatable bonds is 8. The first kappa shape index (κ1) is 22.9. The monoisotopic (exact) mass is 454 g/mol. The van der Waals surface area contributed by atoms with E-state index in [1.165, 1.54) is 4.68 Å². The van der Waals surface area contributed by atoms with Crippen molar-refractivity contribution < 1.29 is 14.2 Å². The van der Waals surface area contributed by atoms with Gasteiger partial charge in [-0.1, -0.05) is 36.4 Å². The van der Waals surface area contributed by atoms with Crippen LogP contribution < -0.4 is 19.8 Å². The van der Waals surface area contributed by atoms with E-state index in [-0.39, 0.29) is 5.56 Å². The predicted molar refractivity (Wildman–Crippen MR) is 135 cm³/mol. The first-order valence-electron chi connectivity index (χ1n) is 10.8. The summed E-state index contributed by atoms with van der Waals surface area (Å²) in [5, 5.41) is 4.74. The maximum Gasteiger partial charge on any atom is 0.267 e. The van der Waals surface area contributed by atoms with Crippen molar-refractivity contribution in [1.82, 2.24) is 9.78 Å². The summed E-state index contributed by atoms with van der Waals surface area (Å²) in [4.78, 5) is 13.0. The van der Waals surface area contributed by atoms with Crippen molar-refractivity contribution in [2.75, 3.05) is 21.3 Å². The molecule has 0 saturated carbocycles. The average molecular weight is 455 g/mol. The quantitative estimate of drug-likeness (QED) is 0.361. The lowest BCUT2D eigenvalue weighted by Gasteiger charge is -2.13. The molecule has 0 N–H and O–H groups in total. The van der Waals surface area contributed by atoms with Gasteiger partial charge in [-0.2, -0.15) is 5.10 Å². The molecule has 0 unspecified atom stereocenters. The van der Waals surface area contributed by atoms with Gasteiger partial charge >= 0.3 is 0 Å². The van der Waals surface area contributed by atoms with Crippen molar-refractivity contribution in [3.05, 3.63) is 101 Å². The fourth-order valence-electron chi connectivity index (χ4n) is 3.58. The molecule has 0 radical (unpaired) electrons. The van der Waals surface area contributed by atoms with Gasteiger partial charge in [0.1, 0.15) is 17.2 Å². The molecule has 0 amide bonds. The molecule has 0 spiro atoms. The molecule has 0 atom stereocenters. The van der Waals surface area contributed by atoms with Crippen molar-refractivity contribution in [1.29, 1.82) is 0 Å². The Morgan fingerprint density at radius 1 is 0.735 bits per heavy atom. The minimum absolute atomic E-state index is 0.178. The van der Waals surface area contributed by atoms with Crippen LogP contribution in [0.1, 0.15) is 5.56 Å². The molecule has 6 heteroatoms. The molecule has 0 fully saturated rings. The van der Waals surface area contributed by atoms with Crippen LogP contribution in [0.4, 0.5) is 0 Å². The lowest BCUT2D eigenvalue weighted by molar-refractivity contribution is 0.414. The van der Waals surface area contributed by atoms with Gasteiger partial charge in [-0.3, -0.25) is 4.79 Å². The summed E-state index contributed by atoms with van der Waals surface area (Å²) in [6.07, 6.45) is 3.87. The highest BCUT2D eigenvalue weighted by atomic mass is 16.5. The SMILES string of the molecule is COc1ccc(C=CCn2nc(-c3ccc(OC)cc3)c(-c3ccc(OC)cc3)cc2=O)cc1. The summed E-state index contributed by atoms with van der Waals surface area (Å²) in [7, 11) is 4.89. The van der Waals surface area contributed by atoms with Crippen LogP contribution in [0.15, 0.2) is 89.7 Å². The Bertz CT molecular complexity index is 1320. The molecule has 1 aromatic heterocycles. The average Bonchev–Trinajstić information content (AvgIpc) is 2.90. The van der Waals surface area contributed by atoms with Gasteiger partial charge in [0.25, 0.3) is 5.56 Å². The molecule has 0 bridgehead atoms. The normalized spacial score (nSPS) is 10.9. The van der Waals surface area contributed by atoms with E-state index in [4.69, 9.17) is 19.3 Å². The summed E-state index contributed by atoms with van der Waals surface area (Å²) >= 11 is 0. The van der Waals surface area contributed by atoms with E-state index in [0.717, 1.165) is 39.5 Å². The third kappa shape index (κ3) is 5.18. The summed E-state index contributed by atoms with van der Waals surface area (Å²) in [5.74, 6) is 2.30. The highest BCUT2D eigenvalue weighted by molar-refractivity contribution is 5.80. The molecule has 0 aliphatic carbocycles. The molecule has 0 aliphatic rings. The Morgan fingerprint density at radius 3 is 1.76 bits per heavy atom. The van der Waals surface area contributed by atoms with Crippen LogP contribution in [0.5, 0.6) is 17.2 Å². The van der Waals surface area contributed by atoms with Crippen LogP contribution >= 0.6 is 0 Å². The Kier molecular flexibility index (Phi) is 7.08. The molecule has 4 aromatic rings. The fraction of sp³-hybridized carbons (Fsp3) is 0.143. The van der Waals surface area contributed by atoms with Crippen molar-refractivity contribution >= 4 is 6.08 Å². The van der Waals surface area contributed by atoms with Crippen LogP contribution in [-0.2, 0) is 6.54 Å². The van der Waals surface area contributed by atoms with Crippen LogP contribution in [0, 0.1) is 0 Å². The highest BCUT2D eigenvalue weighted by Gasteiger charge is 2.13. The lowest BCUT2D eigenvalue weighted by Crippen LogP contribution is -2.22. The lowest BCUT2D eigenvalue weighted by atomic mass is 10.00. The van der Waals surface area contributed by atoms with Crippen LogP contribution in [0.2, 0.25) is 0 Å². The summed E-state index contributed by atoms with van der Waals surface area (Å²) in [5.41, 5.74) is 4.08. The van der Waals surface area contributed by atoms with Gasteiger partial charge in [-0.05, 0) is 59.7 Å². The molecule has 6 nitrogen and oxygen atoms in total. The Balaban J connectivity index is 1.71. The van der Waals surface area contributed by atoms with Crippen LogP contribution in [-0.4, -0.2) is 31.1 Å². The number of benzene rings is 3. The number of hydrogen-bond donors (Lipinski definition) is 0. The zero-order valence-corrected chi connectivity index (χ0v) is 19.4. The largest absolute Gasteiger partial charge is 0.497 e. The predicted octanol–water partition coefficient (Wildman–Crippen LogP) is 5.32. The number of nitrogens with zero attached hydrogens (tertiary/aromatic N) is 2. The number of allylic oxidation sites excluding steroid dienone is 1. The number of methoxy groups -OCH3 is 3. The first-order chi connectivity index (χ1) is 16.6. The molecule has 0 saturated heterocycles. The zero-order chi connectivity index (χ0) is 23.9. The molecule has 3 aromatic carbocycles. The highest BCUT2D eigenvalue weighted by Crippen LogP contribution is 2.31. The van der Waals surface area contributed by atoms with Crippen LogP contribution in [0.3, 0.4) is 0 Å². The van der Waals surface area contributed by atoms with Gasteiger partial charge in [-0.25, -0.2) is 4.68 Å². The smallest absolute Gasteiger partial charge is 0.267 e. The second-order valence-corrected chi connectivity index (χ2v) is 7.56. The fourth-order valence-corrected chi connectivity index (χ4v) is 3.58. The summed E-state index contributed by atoms with van der Waals surface area (Å²) < 4.78 is 17.2. The molecule has 172 valence electrons. The molecule has 4 rings (SSSR count). The first-order valence-corrected chi connectivity index (χ1v) is 10.8. The van der Waals surface area contributed by atoms with Gasteiger partial charge in [0.15, 0.2) is 0 Å². The Labute approximate surface area is 198 Å². The topological polar surface area (TPSA) is 62.6 Å². The van der Waals surface area contributed by atoms with E-state index in [9.17, 15) is 4.79 Å². The van der Waals surface area contributed by atoms with Gasteiger partial charge in [0, 0.05) is 17.2 Å². The van der Waals surface area contributed by atoms with E-state index in [1.54, 1.807) is 27.4 Å². The standard InChI is InChI=1S/C28H26N2O4/c1-32-23-12-6-20(7-13-23)5-4-18-30-27(31)19-26(21-8-14-24(33-2)15-9-21)28(29-30)22-10-16-25(34-3)17-11-22/h4-17,19H,18H2,1-3H3. The maximum atomic E-state index is 13.0. The second-order valence-electron chi connectivity index (χ2n) is 7.56. The number of ether oxygens (including phenoxy) is 3. The van der Waals surface area contributed by atoms with Gasteiger partial charge < -0.3 is 14.2 Å². The molecular weight excluding hydrogens is 428 g/mol. The summed E-state index contributed by atoms with van der Waals surface area (Å²) in [6, 6.07) is 24.6. The number of aromatic nitrogens is 2. The zero-order valence-electron chi connectivity index (χ0n) is 19.4. The van der Waals surface area contributed by atoms with Gasteiger partial charge in [0.05, 0.1) is 33.6 Å². The molecular formula is C28H26N2O4. The maximum absolute atomic E-state index is 13.0. The molecule has 0 aliphatic heterocycles. The van der Waals surface area contributed by atoms with E-state index < -0.39 is 0 Å². The van der Waals surface area contributed by atoms with E-state index in [1.807, 2.05) is 84.9 Å². The van der Waals surface area contributed by atoms with Crippen molar-refractivity contribution in [3.63, 3.8) is 0 Å².